The smallest absolute Gasteiger partial charge is 0.264 e. The fourth-order valence-electron chi connectivity index (χ4n) is 6.50. The number of fused-ring (bicyclic) bond motifs is 2. The molecular weight excluding hydrogens is 677 g/mol. The number of halogens is 5. The minimum atomic E-state index is -1.16. The van der Waals surface area contributed by atoms with Crippen molar-refractivity contribution in [2.45, 2.75) is 37.4 Å². The van der Waals surface area contributed by atoms with E-state index in [4.69, 9.17) is 51.5 Å². The number of imide groups is 1. The molecule has 7 rings (SSSR count). The predicted molar refractivity (Wildman–Crippen MR) is 173 cm³/mol. The van der Waals surface area contributed by atoms with Gasteiger partial charge in [0.2, 0.25) is 0 Å². The summed E-state index contributed by atoms with van der Waals surface area (Å²) < 4.78 is 13.9. The van der Waals surface area contributed by atoms with Crippen LogP contribution in [0.15, 0.2) is 81.7 Å². The summed E-state index contributed by atoms with van der Waals surface area (Å²) >= 11 is 25.5. The molecule has 14 heteroatoms. The zero-order chi connectivity index (χ0) is 32.3. The summed E-state index contributed by atoms with van der Waals surface area (Å²) in [5.74, 6) is -2.57. The minimum absolute atomic E-state index is 0.0819. The molecule has 234 valence electrons. The van der Waals surface area contributed by atoms with E-state index in [0.29, 0.717) is 32.1 Å². The van der Waals surface area contributed by atoms with Gasteiger partial charge in [0.25, 0.3) is 17.7 Å². The SMILES string of the molecule is O=C1[C@@H]2N=NN(CC(=O)N3N=C4/C(=C/c5ccc(Cl)cc5Cl)CCC[C@@H]4[C@@H]3c3ccc(Cl)cc3Cl)[C@H]2C(=O)N1c1cccc(F)c1. The van der Waals surface area contributed by atoms with E-state index in [0.717, 1.165) is 40.7 Å². The van der Waals surface area contributed by atoms with Crippen molar-refractivity contribution in [2.75, 3.05) is 11.4 Å². The molecule has 0 aromatic heterocycles. The van der Waals surface area contributed by atoms with Crippen LogP contribution in [0, 0.1) is 11.7 Å². The van der Waals surface area contributed by atoms with Gasteiger partial charge in [0.15, 0.2) is 12.1 Å². The molecule has 4 atom stereocenters. The van der Waals surface area contributed by atoms with E-state index in [2.05, 4.69) is 10.3 Å². The first kappa shape index (κ1) is 30.8. The van der Waals surface area contributed by atoms with Crippen molar-refractivity contribution < 1.29 is 18.8 Å². The van der Waals surface area contributed by atoms with Gasteiger partial charge in [-0.2, -0.15) is 10.2 Å². The molecule has 1 aliphatic carbocycles. The molecule has 46 heavy (non-hydrogen) atoms. The number of anilines is 1. The lowest BCUT2D eigenvalue weighted by Crippen LogP contribution is -2.45. The van der Waals surface area contributed by atoms with E-state index < -0.39 is 48.2 Å². The lowest BCUT2D eigenvalue weighted by atomic mass is 9.77. The Morgan fingerprint density at radius 2 is 1.70 bits per heavy atom. The molecule has 0 unspecified atom stereocenters. The Morgan fingerprint density at radius 3 is 2.43 bits per heavy atom. The van der Waals surface area contributed by atoms with E-state index in [9.17, 15) is 18.8 Å². The molecule has 2 fully saturated rings. The van der Waals surface area contributed by atoms with Crippen molar-refractivity contribution in [2.24, 2.45) is 21.4 Å². The van der Waals surface area contributed by atoms with Crippen LogP contribution < -0.4 is 4.90 Å². The molecule has 1 saturated heterocycles. The van der Waals surface area contributed by atoms with Crippen LogP contribution in [0.25, 0.3) is 6.08 Å². The van der Waals surface area contributed by atoms with Crippen LogP contribution in [0.4, 0.5) is 10.1 Å². The summed E-state index contributed by atoms with van der Waals surface area (Å²) in [6, 6.07) is 12.6. The second-order valence-corrected chi connectivity index (χ2v) is 13.0. The van der Waals surface area contributed by atoms with Gasteiger partial charge >= 0.3 is 0 Å². The number of hydrogen-bond acceptors (Lipinski definition) is 7. The number of hydrazone groups is 1. The molecule has 0 radical (unpaired) electrons. The maximum atomic E-state index is 14.1. The molecule has 3 aromatic rings. The van der Waals surface area contributed by atoms with Crippen LogP contribution >= 0.6 is 46.4 Å². The van der Waals surface area contributed by atoms with E-state index in [1.807, 2.05) is 12.1 Å². The number of nitrogens with zero attached hydrogens (tertiary/aromatic N) is 6. The summed E-state index contributed by atoms with van der Waals surface area (Å²) in [6.07, 6.45) is 4.25. The average molecular weight is 700 g/mol. The first-order chi connectivity index (χ1) is 22.1. The van der Waals surface area contributed by atoms with E-state index in [1.54, 1.807) is 30.3 Å². The predicted octanol–water partition coefficient (Wildman–Crippen LogP) is 7.56. The lowest BCUT2D eigenvalue weighted by Gasteiger charge is -2.31. The number of rotatable bonds is 5. The monoisotopic (exact) mass is 698 g/mol. The Hall–Kier alpha value is -3.83. The van der Waals surface area contributed by atoms with Gasteiger partial charge < -0.3 is 0 Å². The molecule has 3 amide bonds. The molecule has 3 aromatic carbocycles. The Balaban J connectivity index is 1.21. The Bertz CT molecular complexity index is 1900. The van der Waals surface area contributed by atoms with Gasteiger partial charge in [-0.1, -0.05) is 69.8 Å². The fraction of sp³-hybridized carbons (Fsp3) is 0.250. The van der Waals surface area contributed by atoms with Crippen molar-refractivity contribution >= 4 is 81.6 Å². The highest BCUT2D eigenvalue weighted by Crippen LogP contribution is 2.47. The van der Waals surface area contributed by atoms with Crippen molar-refractivity contribution in [3.05, 3.63) is 103 Å². The lowest BCUT2D eigenvalue weighted by molar-refractivity contribution is -0.136. The molecule has 1 saturated carbocycles. The van der Waals surface area contributed by atoms with Crippen LogP contribution in [0.3, 0.4) is 0 Å². The topological polar surface area (TPSA) is 98.0 Å². The van der Waals surface area contributed by atoms with Crippen molar-refractivity contribution in [3.63, 3.8) is 0 Å². The summed E-state index contributed by atoms with van der Waals surface area (Å²) in [7, 11) is 0. The number of hydrogen-bond donors (Lipinski definition) is 0. The zero-order valence-electron chi connectivity index (χ0n) is 23.8. The highest BCUT2D eigenvalue weighted by molar-refractivity contribution is 6.36. The third-order valence-electron chi connectivity index (χ3n) is 8.55. The van der Waals surface area contributed by atoms with Gasteiger partial charge in [-0.15, -0.1) is 0 Å². The third-order valence-corrected chi connectivity index (χ3v) is 9.68. The van der Waals surface area contributed by atoms with Crippen molar-refractivity contribution in [3.8, 4) is 0 Å². The maximum Gasteiger partial charge on any atom is 0.264 e. The standard InChI is InChI=1S/C32H23Cl4FN6O3/c33-18-8-7-16(24(35)12-18)11-17-3-1-6-23-27(17)39-43(29(23)22-10-9-19(34)13-25(22)36)26(44)15-41-30-28(38-40-41)31(45)42(32(30)46)21-5-2-4-20(37)14-21/h2,4-5,7-14,23,28-30H,1,3,6,15H2/b17-11+/t23-,28+,29-,30+/m0/s1. The van der Waals surface area contributed by atoms with Crippen LogP contribution in [0.2, 0.25) is 20.1 Å². The second-order valence-electron chi connectivity index (χ2n) is 11.4. The molecular formula is C32H23Cl4FN6O3. The Morgan fingerprint density at radius 1 is 0.935 bits per heavy atom. The number of amides is 3. The van der Waals surface area contributed by atoms with E-state index in [-0.39, 0.29) is 11.6 Å². The first-order valence-electron chi connectivity index (χ1n) is 14.4. The van der Waals surface area contributed by atoms with Gasteiger partial charge in [0.1, 0.15) is 12.4 Å². The number of carbonyl (C=O) groups is 3. The zero-order valence-corrected chi connectivity index (χ0v) is 26.8. The summed E-state index contributed by atoms with van der Waals surface area (Å²) in [5.41, 5.74) is 3.17. The number of benzene rings is 3. The largest absolute Gasteiger partial charge is 0.271 e. The highest BCUT2D eigenvalue weighted by atomic mass is 35.5. The fourth-order valence-corrected chi connectivity index (χ4v) is 7.48. The quantitative estimate of drug-likeness (QED) is 0.257. The molecule has 0 N–H and O–H groups in total. The van der Waals surface area contributed by atoms with E-state index >= 15 is 0 Å². The number of allylic oxidation sites excluding steroid dienone is 1. The van der Waals surface area contributed by atoms with Crippen LogP contribution in [-0.2, 0) is 14.4 Å². The molecule has 9 nitrogen and oxygen atoms in total. The van der Waals surface area contributed by atoms with Gasteiger partial charge in [0.05, 0.1) is 17.4 Å². The van der Waals surface area contributed by atoms with Gasteiger partial charge in [-0.3, -0.25) is 19.4 Å². The molecule has 0 spiro atoms. The molecule has 4 aliphatic rings. The van der Waals surface area contributed by atoms with Crippen molar-refractivity contribution in [1.29, 1.82) is 0 Å². The van der Waals surface area contributed by atoms with Gasteiger partial charge in [-0.25, -0.2) is 14.3 Å². The van der Waals surface area contributed by atoms with Crippen molar-refractivity contribution in [1.82, 2.24) is 10.0 Å². The summed E-state index contributed by atoms with van der Waals surface area (Å²) in [6.45, 7) is -0.395. The highest BCUT2D eigenvalue weighted by Gasteiger charge is 2.56. The van der Waals surface area contributed by atoms with Gasteiger partial charge in [0, 0.05) is 26.0 Å². The Labute approximate surface area is 282 Å². The summed E-state index contributed by atoms with van der Waals surface area (Å²) in [4.78, 5) is 41.6. The first-order valence-corrected chi connectivity index (χ1v) is 15.9. The number of carbonyl (C=O) groups excluding carboxylic acids is 3. The third kappa shape index (κ3) is 5.37. The normalized spacial score (nSPS) is 24.6. The Kier molecular flexibility index (Phi) is 8.09. The molecule has 3 aliphatic heterocycles. The molecule has 3 heterocycles. The van der Waals surface area contributed by atoms with Gasteiger partial charge in [-0.05, 0) is 84.5 Å². The second kappa shape index (κ2) is 12.1. The minimum Gasteiger partial charge on any atom is -0.271 e. The average Bonchev–Trinajstić information content (AvgIpc) is 3.68. The summed E-state index contributed by atoms with van der Waals surface area (Å²) in [5, 5.41) is 17.3. The van der Waals surface area contributed by atoms with E-state index in [1.165, 1.54) is 28.2 Å². The molecule has 0 bridgehead atoms. The van der Waals surface area contributed by atoms with Crippen LogP contribution in [-0.4, -0.2) is 52.1 Å². The maximum absolute atomic E-state index is 14.1. The van der Waals surface area contributed by atoms with Crippen LogP contribution in [0.1, 0.15) is 36.4 Å². The van der Waals surface area contributed by atoms with Crippen LogP contribution in [0.5, 0.6) is 0 Å².